The average molecular weight is 228 g/mol. The second-order valence-corrected chi connectivity index (χ2v) is 4.82. The maximum absolute atomic E-state index is 9.02. The number of aliphatic hydroxyl groups excluding tert-OH is 1. The molecule has 1 fully saturated rings. The number of unbranched alkanes of at least 4 members (excludes halogenated alkanes) is 4. The smallest absolute Gasteiger partial charge is 0.0446 e. The molecule has 1 rings (SSSR count). The van der Waals surface area contributed by atoms with Gasteiger partial charge < -0.3 is 10.4 Å². The third-order valence-electron chi connectivity index (χ3n) is 3.48. The number of nitrogens with one attached hydrogen (secondary N) is 1. The molecule has 1 heterocycles. The fraction of sp³-hybridized carbons (Fsp3) is 1.00. The Morgan fingerprint density at radius 1 is 1.25 bits per heavy atom. The van der Waals surface area contributed by atoms with E-state index in [2.05, 4.69) is 17.1 Å². The second kappa shape index (κ2) is 8.97. The van der Waals surface area contributed by atoms with Gasteiger partial charge in [-0.25, -0.2) is 0 Å². The summed E-state index contributed by atoms with van der Waals surface area (Å²) in [6, 6.07) is 0.560. The third kappa shape index (κ3) is 5.28. The lowest BCUT2D eigenvalue weighted by Crippen LogP contribution is -2.51. The van der Waals surface area contributed by atoms with Crippen LogP contribution in [0.2, 0.25) is 0 Å². The fourth-order valence-electron chi connectivity index (χ4n) is 2.45. The van der Waals surface area contributed by atoms with Crippen molar-refractivity contribution in [1.82, 2.24) is 10.2 Å². The Labute approximate surface area is 100 Å². The molecule has 96 valence electrons. The van der Waals surface area contributed by atoms with Crippen LogP contribution in [0.3, 0.4) is 0 Å². The van der Waals surface area contributed by atoms with E-state index in [4.69, 9.17) is 5.11 Å². The molecule has 0 saturated carbocycles. The van der Waals surface area contributed by atoms with Crippen LogP contribution in [0.15, 0.2) is 0 Å². The quantitative estimate of drug-likeness (QED) is 0.620. The van der Waals surface area contributed by atoms with Gasteiger partial charge in [0.1, 0.15) is 0 Å². The summed E-state index contributed by atoms with van der Waals surface area (Å²) < 4.78 is 0. The number of rotatable bonds is 8. The first kappa shape index (κ1) is 13.9. The highest BCUT2D eigenvalue weighted by Gasteiger charge is 2.20. The molecule has 0 aliphatic carbocycles. The molecule has 0 spiro atoms. The summed E-state index contributed by atoms with van der Waals surface area (Å²) in [7, 11) is 0. The molecule has 1 unspecified atom stereocenters. The molecule has 0 aromatic rings. The average Bonchev–Trinajstić information content (AvgIpc) is 2.31. The van der Waals surface area contributed by atoms with Crippen LogP contribution in [0.1, 0.15) is 45.4 Å². The molecule has 1 aliphatic heterocycles. The summed E-state index contributed by atoms with van der Waals surface area (Å²) in [5, 5.41) is 12.4. The maximum Gasteiger partial charge on any atom is 0.0446 e. The van der Waals surface area contributed by atoms with Crippen molar-refractivity contribution in [3.8, 4) is 0 Å². The van der Waals surface area contributed by atoms with Crippen molar-refractivity contribution in [2.45, 2.75) is 51.5 Å². The SMILES string of the molecule is CCCCCCCN1CCNCC1CCO. The van der Waals surface area contributed by atoms with Crippen LogP contribution in [0, 0.1) is 0 Å². The van der Waals surface area contributed by atoms with Crippen LogP contribution in [0.25, 0.3) is 0 Å². The monoisotopic (exact) mass is 228 g/mol. The minimum absolute atomic E-state index is 0.318. The van der Waals surface area contributed by atoms with Gasteiger partial charge in [0.25, 0.3) is 0 Å². The molecule has 0 radical (unpaired) electrons. The zero-order valence-electron chi connectivity index (χ0n) is 10.7. The fourth-order valence-corrected chi connectivity index (χ4v) is 2.45. The Morgan fingerprint density at radius 3 is 2.81 bits per heavy atom. The number of piperazine rings is 1. The molecule has 2 N–H and O–H groups in total. The zero-order valence-corrected chi connectivity index (χ0v) is 10.7. The van der Waals surface area contributed by atoms with E-state index in [1.54, 1.807) is 0 Å². The standard InChI is InChI=1S/C13H28N2O/c1-2-3-4-5-6-9-15-10-8-14-12-13(15)7-11-16/h13-14,16H,2-12H2,1H3. The van der Waals surface area contributed by atoms with E-state index in [1.165, 1.54) is 38.6 Å². The third-order valence-corrected chi connectivity index (χ3v) is 3.48. The Balaban J connectivity index is 2.11. The van der Waals surface area contributed by atoms with Crippen LogP contribution >= 0.6 is 0 Å². The number of hydrogen-bond acceptors (Lipinski definition) is 3. The maximum atomic E-state index is 9.02. The summed E-state index contributed by atoms with van der Waals surface area (Å²) in [6.45, 7) is 7.10. The molecule has 16 heavy (non-hydrogen) atoms. The summed E-state index contributed by atoms with van der Waals surface area (Å²) in [6.07, 6.45) is 7.68. The van der Waals surface area contributed by atoms with Crippen LogP contribution < -0.4 is 5.32 Å². The van der Waals surface area contributed by atoms with Gasteiger partial charge in [0.2, 0.25) is 0 Å². The van der Waals surface area contributed by atoms with E-state index in [0.29, 0.717) is 12.6 Å². The lowest BCUT2D eigenvalue weighted by Gasteiger charge is -2.36. The minimum Gasteiger partial charge on any atom is -0.396 e. The van der Waals surface area contributed by atoms with Crippen molar-refractivity contribution in [2.24, 2.45) is 0 Å². The Morgan fingerprint density at radius 2 is 2.06 bits per heavy atom. The molecular weight excluding hydrogens is 200 g/mol. The molecule has 0 aromatic carbocycles. The predicted molar refractivity (Wildman–Crippen MR) is 68.7 cm³/mol. The normalized spacial score (nSPS) is 22.5. The summed E-state index contributed by atoms with van der Waals surface area (Å²) in [4.78, 5) is 2.55. The largest absolute Gasteiger partial charge is 0.396 e. The van der Waals surface area contributed by atoms with Crippen LogP contribution in [-0.4, -0.2) is 48.8 Å². The molecule has 0 bridgehead atoms. The van der Waals surface area contributed by atoms with Crippen molar-refractivity contribution >= 4 is 0 Å². The zero-order chi connectivity index (χ0) is 11.6. The lowest BCUT2D eigenvalue weighted by molar-refractivity contribution is 0.128. The molecule has 1 atom stereocenters. The van der Waals surface area contributed by atoms with Gasteiger partial charge in [-0.15, -0.1) is 0 Å². The van der Waals surface area contributed by atoms with E-state index in [-0.39, 0.29) is 0 Å². The predicted octanol–water partition coefficient (Wildman–Crippen LogP) is 1.61. The first-order valence-electron chi connectivity index (χ1n) is 6.94. The number of nitrogens with zero attached hydrogens (tertiary/aromatic N) is 1. The van der Waals surface area contributed by atoms with E-state index in [9.17, 15) is 0 Å². The van der Waals surface area contributed by atoms with Gasteiger partial charge in [-0.3, -0.25) is 4.90 Å². The van der Waals surface area contributed by atoms with E-state index >= 15 is 0 Å². The van der Waals surface area contributed by atoms with Gasteiger partial charge in [-0.1, -0.05) is 32.6 Å². The summed E-state index contributed by atoms with van der Waals surface area (Å²) in [5.74, 6) is 0. The van der Waals surface area contributed by atoms with E-state index < -0.39 is 0 Å². The van der Waals surface area contributed by atoms with Gasteiger partial charge in [-0.05, 0) is 19.4 Å². The summed E-state index contributed by atoms with van der Waals surface area (Å²) >= 11 is 0. The van der Waals surface area contributed by atoms with Crippen molar-refractivity contribution in [1.29, 1.82) is 0 Å². The van der Waals surface area contributed by atoms with Gasteiger partial charge in [0, 0.05) is 32.3 Å². The van der Waals surface area contributed by atoms with Gasteiger partial charge in [0.15, 0.2) is 0 Å². The molecule has 3 heteroatoms. The number of aliphatic hydroxyl groups is 1. The highest BCUT2D eigenvalue weighted by molar-refractivity contribution is 4.79. The molecule has 3 nitrogen and oxygen atoms in total. The van der Waals surface area contributed by atoms with Crippen LogP contribution in [-0.2, 0) is 0 Å². The Hall–Kier alpha value is -0.120. The van der Waals surface area contributed by atoms with Crippen molar-refractivity contribution in [3.63, 3.8) is 0 Å². The van der Waals surface area contributed by atoms with Crippen molar-refractivity contribution in [2.75, 3.05) is 32.8 Å². The minimum atomic E-state index is 0.318. The lowest BCUT2D eigenvalue weighted by atomic mass is 10.1. The van der Waals surface area contributed by atoms with E-state index in [0.717, 1.165) is 26.1 Å². The first-order valence-corrected chi connectivity index (χ1v) is 6.94. The van der Waals surface area contributed by atoms with Gasteiger partial charge in [0.05, 0.1) is 0 Å². The first-order chi connectivity index (χ1) is 7.88. The van der Waals surface area contributed by atoms with Crippen molar-refractivity contribution < 1.29 is 5.11 Å². The highest BCUT2D eigenvalue weighted by Crippen LogP contribution is 2.10. The molecular formula is C13H28N2O. The molecule has 0 aromatic heterocycles. The second-order valence-electron chi connectivity index (χ2n) is 4.82. The van der Waals surface area contributed by atoms with Crippen LogP contribution in [0.5, 0.6) is 0 Å². The Bertz CT molecular complexity index is 162. The molecule has 1 aliphatic rings. The topological polar surface area (TPSA) is 35.5 Å². The van der Waals surface area contributed by atoms with Crippen molar-refractivity contribution in [3.05, 3.63) is 0 Å². The highest BCUT2D eigenvalue weighted by atomic mass is 16.3. The summed E-state index contributed by atoms with van der Waals surface area (Å²) in [5.41, 5.74) is 0. The molecule has 1 saturated heterocycles. The Kier molecular flexibility index (Phi) is 7.81. The van der Waals surface area contributed by atoms with E-state index in [1.807, 2.05) is 0 Å². The number of hydrogen-bond donors (Lipinski definition) is 2. The van der Waals surface area contributed by atoms with Gasteiger partial charge >= 0.3 is 0 Å². The van der Waals surface area contributed by atoms with Gasteiger partial charge in [-0.2, -0.15) is 0 Å². The molecule has 0 amide bonds. The van der Waals surface area contributed by atoms with Crippen LogP contribution in [0.4, 0.5) is 0 Å².